The Morgan fingerprint density at radius 1 is 1.31 bits per heavy atom. The first-order valence-corrected chi connectivity index (χ1v) is 5.46. The molecule has 0 unspecified atom stereocenters. The van der Waals surface area contributed by atoms with Gasteiger partial charge in [-0.3, -0.25) is 0 Å². The molecule has 16 heavy (non-hydrogen) atoms. The van der Waals surface area contributed by atoms with E-state index < -0.39 is 0 Å². The number of anilines is 1. The molecule has 0 fully saturated rings. The Balaban J connectivity index is 2.62. The second-order valence-electron chi connectivity index (χ2n) is 3.42. The van der Waals surface area contributed by atoms with Crippen LogP contribution in [0.15, 0.2) is 6.33 Å². The Morgan fingerprint density at radius 3 is 2.81 bits per heavy atom. The van der Waals surface area contributed by atoms with E-state index in [9.17, 15) is 0 Å². The lowest BCUT2D eigenvalue weighted by Gasteiger charge is -2.11. The van der Waals surface area contributed by atoms with Gasteiger partial charge in [-0.05, 0) is 13.3 Å². The molecule has 90 valence electrons. The van der Waals surface area contributed by atoms with Crippen LogP contribution in [0.2, 0.25) is 0 Å². The molecule has 0 aromatic carbocycles. The van der Waals surface area contributed by atoms with Crippen LogP contribution in [0.5, 0.6) is 5.88 Å². The highest BCUT2D eigenvalue weighted by Gasteiger charge is 2.06. The lowest BCUT2D eigenvalue weighted by atomic mass is 10.3. The summed E-state index contributed by atoms with van der Waals surface area (Å²) in [6.45, 7) is 6.01. The van der Waals surface area contributed by atoms with Gasteiger partial charge in [-0.15, -0.1) is 0 Å². The summed E-state index contributed by atoms with van der Waals surface area (Å²) in [5.41, 5.74) is 0.937. The standard InChI is InChI=1S/C11H19N3O2/c1-4-5-12-10-9(2)11(14-8-13-10)16-7-6-15-3/h8H,4-7H2,1-3H3,(H,12,13,14). The minimum atomic E-state index is 0.502. The van der Waals surface area contributed by atoms with Crippen molar-refractivity contribution >= 4 is 5.82 Å². The molecule has 1 N–H and O–H groups in total. The van der Waals surface area contributed by atoms with Gasteiger partial charge in [0.2, 0.25) is 5.88 Å². The summed E-state index contributed by atoms with van der Waals surface area (Å²) in [4.78, 5) is 8.26. The van der Waals surface area contributed by atoms with Gasteiger partial charge >= 0.3 is 0 Å². The van der Waals surface area contributed by atoms with Crippen LogP contribution in [0.1, 0.15) is 18.9 Å². The van der Waals surface area contributed by atoms with Gasteiger partial charge in [0.25, 0.3) is 0 Å². The zero-order valence-electron chi connectivity index (χ0n) is 10.1. The molecule has 0 radical (unpaired) electrons. The third kappa shape index (κ3) is 3.66. The van der Waals surface area contributed by atoms with Crippen molar-refractivity contribution in [3.63, 3.8) is 0 Å². The van der Waals surface area contributed by atoms with Crippen LogP contribution in [-0.4, -0.2) is 36.8 Å². The van der Waals surface area contributed by atoms with Crippen molar-refractivity contribution in [2.24, 2.45) is 0 Å². The highest BCUT2D eigenvalue weighted by molar-refractivity contribution is 5.47. The van der Waals surface area contributed by atoms with Gasteiger partial charge in [0.1, 0.15) is 18.8 Å². The molecular weight excluding hydrogens is 206 g/mol. The molecule has 0 aliphatic carbocycles. The number of nitrogens with one attached hydrogen (secondary N) is 1. The summed E-state index contributed by atoms with van der Waals surface area (Å²) >= 11 is 0. The molecule has 0 aliphatic heterocycles. The largest absolute Gasteiger partial charge is 0.475 e. The molecule has 1 aromatic rings. The van der Waals surface area contributed by atoms with Crippen LogP contribution in [0.3, 0.4) is 0 Å². The van der Waals surface area contributed by atoms with Crippen molar-refractivity contribution in [2.75, 3.05) is 32.2 Å². The molecule has 1 rings (SSSR count). The predicted octanol–water partition coefficient (Wildman–Crippen LogP) is 1.63. The number of rotatable bonds is 7. The summed E-state index contributed by atoms with van der Waals surface area (Å²) in [7, 11) is 1.64. The van der Waals surface area contributed by atoms with Gasteiger partial charge in [-0.1, -0.05) is 6.92 Å². The average Bonchev–Trinajstić information content (AvgIpc) is 2.30. The van der Waals surface area contributed by atoms with Crippen LogP contribution in [0.25, 0.3) is 0 Å². The summed E-state index contributed by atoms with van der Waals surface area (Å²) in [5.74, 6) is 1.45. The SMILES string of the molecule is CCCNc1ncnc(OCCOC)c1C. The molecule has 0 aliphatic rings. The zero-order valence-corrected chi connectivity index (χ0v) is 10.1. The molecule has 0 saturated carbocycles. The van der Waals surface area contributed by atoms with E-state index in [1.807, 2.05) is 6.92 Å². The van der Waals surface area contributed by atoms with Crippen molar-refractivity contribution in [1.29, 1.82) is 0 Å². The Morgan fingerprint density at radius 2 is 2.12 bits per heavy atom. The number of aromatic nitrogens is 2. The van der Waals surface area contributed by atoms with Crippen LogP contribution < -0.4 is 10.1 Å². The Hall–Kier alpha value is -1.36. The zero-order chi connectivity index (χ0) is 11.8. The molecular formula is C11H19N3O2. The van der Waals surface area contributed by atoms with Gasteiger partial charge in [-0.2, -0.15) is 0 Å². The van der Waals surface area contributed by atoms with Crippen molar-refractivity contribution < 1.29 is 9.47 Å². The molecule has 0 saturated heterocycles. The van der Waals surface area contributed by atoms with E-state index in [0.717, 1.165) is 24.3 Å². The van der Waals surface area contributed by atoms with E-state index in [0.29, 0.717) is 19.1 Å². The van der Waals surface area contributed by atoms with Crippen LogP contribution in [0, 0.1) is 6.92 Å². The van der Waals surface area contributed by atoms with Gasteiger partial charge < -0.3 is 14.8 Å². The van der Waals surface area contributed by atoms with Crippen molar-refractivity contribution in [2.45, 2.75) is 20.3 Å². The van der Waals surface area contributed by atoms with Gasteiger partial charge in [0, 0.05) is 13.7 Å². The minimum Gasteiger partial charge on any atom is -0.475 e. The van der Waals surface area contributed by atoms with Gasteiger partial charge in [0.15, 0.2) is 0 Å². The number of methoxy groups -OCH3 is 1. The monoisotopic (exact) mass is 225 g/mol. The molecule has 1 aromatic heterocycles. The third-order valence-electron chi connectivity index (χ3n) is 2.11. The lowest BCUT2D eigenvalue weighted by Crippen LogP contribution is -2.09. The molecule has 0 bridgehead atoms. The number of nitrogens with zero attached hydrogens (tertiary/aromatic N) is 2. The quantitative estimate of drug-likeness (QED) is 0.715. The average molecular weight is 225 g/mol. The normalized spacial score (nSPS) is 10.2. The second-order valence-corrected chi connectivity index (χ2v) is 3.42. The number of hydrogen-bond acceptors (Lipinski definition) is 5. The molecule has 5 heteroatoms. The fourth-order valence-corrected chi connectivity index (χ4v) is 1.22. The molecule has 0 atom stereocenters. The van der Waals surface area contributed by atoms with E-state index in [1.165, 1.54) is 6.33 Å². The summed E-state index contributed by atoms with van der Waals surface area (Å²) in [6, 6.07) is 0. The first-order chi connectivity index (χ1) is 7.79. The second kappa shape index (κ2) is 7.00. The highest BCUT2D eigenvalue weighted by atomic mass is 16.5. The maximum atomic E-state index is 5.48. The van der Waals surface area contributed by atoms with E-state index in [2.05, 4.69) is 22.2 Å². The molecule has 0 amide bonds. The predicted molar refractivity (Wildman–Crippen MR) is 62.9 cm³/mol. The summed E-state index contributed by atoms with van der Waals surface area (Å²) < 4.78 is 10.4. The van der Waals surface area contributed by atoms with E-state index in [4.69, 9.17) is 9.47 Å². The first kappa shape index (κ1) is 12.7. The molecule has 1 heterocycles. The maximum Gasteiger partial charge on any atom is 0.221 e. The highest BCUT2D eigenvalue weighted by Crippen LogP contribution is 2.19. The first-order valence-electron chi connectivity index (χ1n) is 5.46. The van der Waals surface area contributed by atoms with Crippen LogP contribution in [0.4, 0.5) is 5.82 Å². The minimum absolute atomic E-state index is 0.502. The van der Waals surface area contributed by atoms with E-state index >= 15 is 0 Å². The van der Waals surface area contributed by atoms with Crippen LogP contribution in [-0.2, 0) is 4.74 Å². The van der Waals surface area contributed by atoms with Gasteiger partial charge in [0.05, 0.1) is 12.2 Å². The Bertz CT molecular complexity index is 318. The van der Waals surface area contributed by atoms with Crippen molar-refractivity contribution in [3.8, 4) is 5.88 Å². The topological polar surface area (TPSA) is 56.3 Å². The lowest BCUT2D eigenvalue weighted by molar-refractivity contribution is 0.143. The van der Waals surface area contributed by atoms with Crippen molar-refractivity contribution in [1.82, 2.24) is 9.97 Å². The summed E-state index contributed by atoms with van der Waals surface area (Å²) in [6.07, 6.45) is 2.57. The van der Waals surface area contributed by atoms with E-state index in [-0.39, 0.29) is 0 Å². The molecule has 5 nitrogen and oxygen atoms in total. The smallest absolute Gasteiger partial charge is 0.221 e. The van der Waals surface area contributed by atoms with E-state index in [1.54, 1.807) is 7.11 Å². The fraction of sp³-hybridized carbons (Fsp3) is 0.636. The Kier molecular flexibility index (Phi) is 5.56. The number of ether oxygens (including phenoxy) is 2. The number of hydrogen-bond donors (Lipinski definition) is 1. The Labute approximate surface area is 96.2 Å². The maximum absolute atomic E-state index is 5.48. The third-order valence-corrected chi connectivity index (χ3v) is 2.11. The van der Waals surface area contributed by atoms with Crippen LogP contribution >= 0.6 is 0 Å². The fourth-order valence-electron chi connectivity index (χ4n) is 1.22. The summed E-state index contributed by atoms with van der Waals surface area (Å²) in [5, 5.41) is 3.23. The molecule has 0 spiro atoms. The van der Waals surface area contributed by atoms with Gasteiger partial charge in [-0.25, -0.2) is 9.97 Å². The van der Waals surface area contributed by atoms with Crippen molar-refractivity contribution in [3.05, 3.63) is 11.9 Å².